The molecule has 138 valence electrons. The van der Waals surface area contributed by atoms with Crippen molar-refractivity contribution in [1.82, 2.24) is 16.0 Å². The summed E-state index contributed by atoms with van der Waals surface area (Å²) in [7, 11) is 1.60. The Morgan fingerprint density at radius 2 is 2.16 bits per heavy atom. The highest BCUT2D eigenvalue weighted by molar-refractivity contribution is 8.00. The van der Waals surface area contributed by atoms with Gasteiger partial charge < -0.3 is 20.7 Å². The number of carbonyl (C=O) groups excluding carboxylic acids is 2. The van der Waals surface area contributed by atoms with Gasteiger partial charge in [-0.25, -0.2) is 0 Å². The molecule has 0 radical (unpaired) electrons. The van der Waals surface area contributed by atoms with Gasteiger partial charge >= 0.3 is 0 Å². The Balaban J connectivity index is 1.92. The summed E-state index contributed by atoms with van der Waals surface area (Å²) in [5.74, 6) is 0.549. The lowest BCUT2D eigenvalue weighted by atomic mass is 9.95. The molecule has 0 aromatic heterocycles. The van der Waals surface area contributed by atoms with Crippen molar-refractivity contribution in [3.05, 3.63) is 29.8 Å². The Hall–Kier alpha value is -1.57. The minimum Gasteiger partial charge on any atom is -0.383 e. The molecule has 3 N–H and O–H groups in total. The number of thioether (sulfide) groups is 1. The summed E-state index contributed by atoms with van der Waals surface area (Å²) in [6, 6.07) is 7.61. The van der Waals surface area contributed by atoms with Crippen molar-refractivity contribution < 1.29 is 14.3 Å². The summed E-state index contributed by atoms with van der Waals surface area (Å²) in [6.45, 7) is 4.97. The number of carbonyl (C=O) groups is 2. The predicted octanol–water partition coefficient (Wildman–Crippen LogP) is 1.27. The van der Waals surface area contributed by atoms with E-state index in [1.165, 1.54) is 11.8 Å². The topological polar surface area (TPSA) is 79.5 Å². The molecule has 7 heteroatoms. The van der Waals surface area contributed by atoms with Gasteiger partial charge in [-0.1, -0.05) is 19.1 Å². The molecular formula is C18H27N3O3S. The number of rotatable bonds is 8. The van der Waals surface area contributed by atoms with E-state index in [1.54, 1.807) is 7.11 Å². The van der Waals surface area contributed by atoms with Gasteiger partial charge in [0.05, 0.1) is 17.9 Å². The monoisotopic (exact) mass is 365 g/mol. The maximum Gasteiger partial charge on any atom is 0.252 e. The van der Waals surface area contributed by atoms with Gasteiger partial charge in [0.15, 0.2) is 0 Å². The second-order valence-corrected chi connectivity index (χ2v) is 7.19. The van der Waals surface area contributed by atoms with Crippen LogP contribution in [0, 0.1) is 5.92 Å². The molecule has 2 unspecified atom stereocenters. The summed E-state index contributed by atoms with van der Waals surface area (Å²) >= 11 is 1.38. The molecule has 1 saturated heterocycles. The van der Waals surface area contributed by atoms with Gasteiger partial charge in [0, 0.05) is 24.6 Å². The first-order valence-corrected chi connectivity index (χ1v) is 9.59. The van der Waals surface area contributed by atoms with Crippen LogP contribution >= 0.6 is 11.8 Å². The van der Waals surface area contributed by atoms with Crippen LogP contribution in [0.4, 0.5) is 0 Å². The van der Waals surface area contributed by atoms with E-state index in [9.17, 15) is 9.59 Å². The maximum absolute atomic E-state index is 12.7. The van der Waals surface area contributed by atoms with Gasteiger partial charge in [-0.2, -0.15) is 0 Å². The number of benzene rings is 1. The fourth-order valence-electron chi connectivity index (χ4n) is 2.74. The van der Waals surface area contributed by atoms with Crippen molar-refractivity contribution in [2.24, 2.45) is 5.92 Å². The average Bonchev–Trinajstić information content (AvgIpc) is 2.62. The number of amides is 2. The van der Waals surface area contributed by atoms with E-state index in [4.69, 9.17) is 4.74 Å². The number of piperidine rings is 1. The number of hydrogen-bond donors (Lipinski definition) is 3. The van der Waals surface area contributed by atoms with Crippen LogP contribution < -0.4 is 16.0 Å². The van der Waals surface area contributed by atoms with Gasteiger partial charge in [0.1, 0.15) is 0 Å². The van der Waals surface area contributed by atoms with Crippen molar-refractivity contribution in [1.29, 1.82) is 0 Å². The van der Waals surface area contributed by atoms with E-state index in [2.05, 4.69) is 22.9 Å². The zero-order valence-corrected chi connectivity index (χ0v) is 15.7. The fourth-order valence-corrected chi connectivity index (χ4v) is 3.62. The van der Waals surface area contributed by atoms with E-state index < -0.39 is 0 Å². The highest BCUT2D eigenvalue weighted by atomic mass is 32.2. The molecule has 6 nitrogen and oxygen atoms in total. The van der Waals surface area contributed by atoms with E-state index in [0.717, 1.165) is 24.4 Å². The van der Waals surface area contributed by atoms with Crippen LogP contribution in [-0.4, -0.2) is 57.0 Å². The first-order chi connectivity index (χ1) is 12.1. The third kappa shape index (κ3) is 6.34. The third-order valence-corrected chi connectivity index (χ3v) is 5.29. The molecule has 0 saturated carbocycles. The SMILES string of the molecule is COCCNC(=O)CSc1ccccc1C(=O)NC1CCNCC1C. The van der Waals surface area contributed by atoms with Crippen molar-refractivity contribution >= 4 is 23.6 Å². The fraction of sp³-hybridized carbons (Fsp3) is 0.556. The quantitative estimate of drug-likeness (QED) is 0.478. The van der Waals surface area contributed by atoms with Crippen LogP contribution in [0.15, 0.2) is 29.2 Å². The van der Waals surface area contributed by atoms with Gasteiger partial charge in [-0.05, 0) is 37.6 Å². The van der Waals surface area contributed by atoms with Gasteiger partial charge in [0.2, 0.25) is 5.91 Å². The molecule has 2 atom stereocenters. The van der Waals surface area contributed by atoms with E-state index >= 15 is 0 Å². The molecule has 2 amide bonds. The van der Waals surface area contributed by atoms with Crippen molar-refractivity contribution in [3.8, 4) is 0 Å². The summed E-state index contributed by atoms with van der Waals surface area (Å²) in [5, 5.41) is 9.26. The lowest BCUT2D eigenvalue weighted by molar-refractivity contribution is -0.118. The second-order valence-electron chi connectivity index (χ2n) is 6.18. The predicted molar refractivity (Wildman–Crippen MR) is 100.0 cm³/mol. The number of hydrogen-bond acceptors (Lipinski definition) is 5. The lowest BCUT2D eigenvalue weighted by Crippen LogP contribution is -2.48. The molecule has 1 aliphatic heterocycles. The number of ether oxygens (including phenoxy) is 1. The average molecular weight is 365 g/mol. The molecule has 1 fully saturated rings. The summed E-state index contributed by atoms with van der Waals surface area (Å²) < 4.78 is 4.91. The molecule has 25 heavy (non-hydrogen) atoms. The third-order valence-electron chi connectivity index (χ3n) is 4.22. The molecule has 1 aliphatic rings. The molecule has 0 aliphatic carbocycles. The standard InChI is InChI=1S/C18H27N3O3S/c1-13-11-19-8-7-15(13)21-18(23)14-5-3-4-6-16(14)25-12-17(22)20-9-10-24-2/h3-6,13,15,19H,7-12H2,1-2H3,(H,20,22)(H,21,23). The normalized spacial score (nSPS) is 20.1. The molecule has 1 heterocycles. The number of methoxy groups -OCH3 is 1. The first-order valence-electron chi connectivity index (χ1n) is 8.61. The lowest BCUT2D eigenvalue weighted by Gasteiger charge is -2.30. The van der Waals surface area contributed by atoms with Crippen molar-refractivity contribution in [2.75, 3.05) is 39.1 Å². The van der Waals surface area contributed by atoms with Crippen molar-refractivity contribution in [2.45, 2.75) is 24.3 Å². The van der Waals surface area contributed by atoms with Gasteiger partial charge in [-0.15, -0.1) is 11.8 Å². The maximum atomic E-state index is 12.7. The van der Waals surface area contributed by atoms with Crippen molar-refractivity contribution in [3.63, 3.8) is 0 Å². The summed E-state index contributed by atoms with van der Waals surface area (Å²) in [6.07, 6.45) is 0.935. The highest BCUT2D eigenvalue weighted by Crippen LogP contribution is 2.23. The van der Waals surface area contributed by atoms with Crippen LogP contribution in [0.5, 0.6) is 0 Å². The Kier molecular flexibility index (Phi) is 8.24. The molecule has 1 aromatic carbocycles. The Bertz CT molecular complexity index is 582. The van der Waals surface area contributed by atoms with Crippen LogP contribution in [0.2, 0.25) is 0 Å². The molecule has 1 aromatic rings. The smallest absolute Gasteiger partial charge is 0.252 e. The first kappa shape index (κ1) is 19.8. The van der Waals surface area contributed by atoms with E-state index in [0.29, 0.717) is 24.6 Å². The van der Waals surface area contributed by atoms with E-state index in [1.807, 2.05) is 24.3 Å². The van der Waals surface area contributed by atoms with E-state index in [-0.39, 0.29) is 23.6 Å². The largest absolute Gasteiger partial charge is 0.383 e. The van der Waals surface area contributed by atoms with Crippen LogP contribution in [0.3, 0.4) is 0 Å². The molecule has 0 spiro atoms. The summed E-state index contributed by atoms with van der Waals surface area (Å²) in [4.78, 5) is 25.3. The Morgan fingerprint density at radius 3 is 2.92 bits per heavy atom. The highest BCUT2D eigenvalue weighted by Gasteiger charge is 2.24. The zero-order valence-electron chi connectivity index (χ0n) is 14.8. The van der Waals surface area contributed by atoms with Crippen LogP contribution in [0.25, 0.3) is 0 Å². The minimum absolute atomic E-state index is 0.0655. The molecule has 0 bridgehead atoms. The minimum atomic E-state index is -0.0679. The Labute approximate surface area is 153 Å². The number of nitrogens with one attached hydrogen (secondary N) is 3. The second kappa shape index (κ2) is 10.4. The van der Waals surface area contributed by atoms with Crippen LogP contribution in [-0.2, 0) is 9.53 Å². The van der Waals surface area contributed by atoms with Gasteiger partial charge in [-0.3, -0.25) is 9.59 Å². The van der Waals surface area contributed by atoms with Crippen LogP contribution in [0.1, 0.15) is 23.7 Å². The Morgan fingerprint density at radius 1 is 1.36 bits per heavy atom. The summed E-state index contributed by atoms with van der Waals surface area (Å²) in [5.41, 5.74) is 0.628. The van der Waals surface area contributed by atoms with Gasteiger partial charge in [0.25, 0.3) is 5.91 Å². The zero-order chi connectivity index (χ0) is 18.1. The molecular weight excluding hydrogens is 338 g/mol. The molecule has 2 rings (SSSR count).